The Balaban J connectivity index is 2.05. The van der Waals surface area contributed by atoms with Crippen molar-refractivity contribution in [2.24, 2.45) is 0 Å². The molecular formula is C15H14BrNO4S. The van der Waals surface area contributed by atoms with Crippen LogP contribution in [0, 0.1) is 0 Å². The Morgan fingerprint density at radius 1 is 1.09 bits per heavy atom. The van der Waals surface area contributed by atoms with Crippen LogP contribution in [0.2, 0.25) is 0 Å². The van der Waals surface area contributed by atoms with Crippen LogP contribution in [0.3, 0.4) is 0 Å². The number of hydrogen-bond acceptors (Lipinski definition) is 4. The molecule has 0 aliphatic heterocycles. The van der Waals surface area contributed by atoms with Crippen LogP contribution < -0.4 is 4.72 Å². The first-order valence-electron chi connectivity index (χ1n) is 6.35. The van der Waals surface area contributed by atoms with Gasteiger partial charge >= 0.3 is 5.97 Å². The summed E-state index contributed by atoms with van der Waals surface area (Å²) < 4.78 is 32.2. The van der Waals surface area contributed by atoms with Crippen LogP contribution in [-0.2, 0) is 21.3 Å². The largest absolute Gasteiger partial charge is 0.465 e. The van der Waals surface area contributed by atoms with Crippen molar-refractivity contribution in [2.75, 3.05) is 7.11 Å². The molecule has 116 valence electrons. The summed E-state index contributed by atoms with van der Waals surface area (Å²) in [5, 5.41) is 0. The molecule has 0 atom stereocenters. The van der Waals surface area contributed by atoms with E-state index in [9.17, 15) is 13.2 Å². The fourth-order valence-electron chi connectivity index (χ4n) is 1.75. The maximum atomic E-state index is 12.1. The number of methoxy groups -OCH3 is 1. The number of sulfonamides is 1. The van der Waals surface area contributed by atoms with Gasteiger partial charge in [-0.05, 0) is 42.0 Å². The second-order valence-electron chi connectivity index (χ2n) is 4.47. The molecule has 0 unspecified atom stereocenters. The number of rotatable bonds is 5. The van der Waals surface area contributed by atoms with E-state index < -0.39 is 16.0 Å². The first-order chi connectivity index (χ1) is 10.4. The Morgan fingerprint density at radius 3 is 2.23 bits per heavy atom. The molecule has 7 heteroatoms. The van der Waals surface area contributed by atoms with Crippen LogP contribution in [0.1, 0.15) is 15.9 Å². The van der Waals surface area contributed by atoms with Crippen LogP contribution in [0.25, 0.3) is 0 Å². The second-order valence-corrected chi connectivity index (χ2v) is 7.15. The zero-order valence-electron chi connectivity index (χ0n) is 11.7. The van der Waals surface area contributed by atoms with Crippen molar-refractivity contribution < 1.29 is 17.9 Å². The summed E-state index contributed by atoms with van der Waals surface area (Å²) in [5.74, 6) is -0.429. The second kappa shape index (κ2) is 7.04. The predicted octanol–water partition coefficient (Wildman–Crippen LogP) is 2.71. The highest BCUT2D eigenvalue weighted by molar-refractivity contribution is 9.10. The molecule has 0 saturated heterocycles. The van der Waals surface area contributed by atoms with Gasteiger partial charge in [0.25, 0.3) is 0 Å². The summed E-state index contributed by atoms with van der Waals surface area (Å²) >= 11 is 3.26. The normalized spacial score (nSPS) is 11.2. The van der Waals surface area contributed by atoms with E-state index in [2.05, 4.69) is 25.4 Å². The lowest BCUT2D eigenvalue weighted by molar-refractivity contribution is 0.0600. The molecule has 5 nitrogen and oxygen atoms in total. The fourth-order valence-corrected chi connectivity index (χ4v) is 3.03. The number of ether oxygens (including phenoxy) is 1. The monoisotopic (exact) mass is 383 g/mol. The Kier molecular flexibility index (Phi) is 5.33. The lowest BCUT2D eigenvalue weighted by atomic mass is 10.1. The van der Waals surface area contributed by atoms with Crippen LogP contribution in [-0.4, -0.2) is 21.5 Å². The Labute approximate surface area is 137 Å². The molecule has 22 heavy (non-hydrogen) atoms. The maximum Gasteiger partial charge on any atom is 0.337 e. The number of carbonyl (C=O) groups is 1. The average molecular weight is 384 g/mol. The van der Waals surface area contributed by atoms with Crippen molar-refractivity contribution >= 4 is 31.9 Å². The zero-order valence-corrected chi connectivity index (χ0v) is 14.1. The fraction of sp³-hybridized carbons (Fsp3) is 0.133. The third kappa shape index (κ3) is 4.16. The smallest absolute Gasteiger partial charge is 0.337 e. The van der Waals surface area contributed by atoms with Crippen molar-refractivity contribution in [3.63, 3.8) is 0 Å². The third-order valence-corrected chi connectivity index (χ3v) is 4.91. The molecule has 2 aromatic rings. The molecule has 0 saturated carbocycles. The predicted molar refractivity (Wildman–Crippen MR) is 85.9 cm³/mol. The van der Waals surface area contributed by atoms with Crippen molar-refractivity contribution in [1.29, 1.82) is 0 Å². The number of benzene rings is 2. The highest BCUT2D eigenvalue weighted by Crippen LogP contribution is 2.15. The van der Waals surface area contributed by atoms with Gasteiger partial charge in [-0.2, -0.15) is 0 Å². The van der Waals surface area contributed by atoms with Crippen LogP contribution in [0.4, 0.5) is 0 Å². The highest BCUT2D eigenvalue weighted by Gasteiger charge is 2.13. The van der Waals surface area contributed by atoms with Gasteiger partial charge in [0.15, 0.2) is 0 Å². The van der Waals surface area contributed by atoms with Crippen molar-refractivity contribution in [3.8, 4) is 0 Å². The van der Waals surface area contributed by atoms with E-state index in [4.69, 9.17) is 0 Å². The van der Waals surface area contributed by atoms with E-state index in [1.165, 1.54) is 19.2 Å². The molecule has 0 fully saturated rings. The minimum absolute atomic E-state index is 0.139. The van der Waals surface area contributed by atoms with Gasteiger partial charge in [0.05, 0.1) is 17.6 Å². The van der Waals surface area contributed by atoms with Gasteiger partial charge in [0.2, 0.25) is 10.0 Å². The van der Waals surface area contributed by atoms with Crippen molar-refractivity contribution in [1.82, 2.24) is 4.72 Å². The molecule has 1 N–H and O–H groups in total. The molecule has 2 aromatic carbocycles. The van der Waals surface area contributed by atoms with E-state index >= 15 is 0 Å². The average Bonchev–Trinajstić information content (AvgIpc) is 2.53. The van der Waals surface area contributed by atoms with Crippen LogP contribution >= 0.6 is 15.9 Å². The first-order valence-corrected chi connectivity index (χ1v) is 8.62. The van der Waals surface area contributed by atoms with Gasteiger partial charge in [-0.25, -0.2) is 17.9 Å². The third-order valence-electron chi connectivity index (χ3n) is 2.97. The van der Waals surface area contributed by atoms with Crippen LogP contribution in [0.5, 0.6) is 0 Å². The van der Waals surface area contributed by atoms with E-state index in [1.807, 2.05) is 0 Å². The Hall–Kier alpha value is -1.70. The molecule has 0 bridgehead atoms. The van der Waals surface area contributed by atoms with E-state index in [1.54, 1.807) is 36.4 Å². The van der Waals surface area contributed by atoms with E-state index in [0.29, 0.717) is 5.56 Å². The molecule has 0 amide bonds. The lowest BCUT2D eigenvalue weighted by Gasteiger charge is -2.07. The summed E-state index contributed by atoms with van der Waals surface area (Å²) in [5.41, 5.74) is 1.16. The van der Waals surface area contributed by atoms with Gasteiger partial charge in [0.1, 0.15) is 0 Å². The van der Waals surface area contributed by atoms with Gasteiger partial charge in [-0.1, -0.05) is 28.1 Å². The molecule has 0 aromatic heterocycles. The molecule has 2 rings (SSSR count). The number of esters is 1. The number of halogens is 1. The zero-order chi connectivity index (χ0) is 16.2. The van der Waals surface area contributed by atoms with Gasteiger partial charge in [-0.3, -0.25) is 0 Å². The lowest BCUT2D eigenvalue weighted by Crippen LogP contribution is -2.23. The van der Waals surface area contributed by atoms with Crippen molar-refractivity contribution in [3.05, 3.63) is 64.1 Å². The van der Waals surface area contributed by atoms with Crippen molar-refractivity contribution in [2.45, 2.75) is 11.4 Å². The molecule has 0 heterocycles. The SMILES string of the molecule is COC(=O)c1ccc(CNS(=O)(=O)c2ccc(Br)cc2)cc1. The Morgan fingerprint density at radius 2 is 1.68 bits per heavy atom. The van der Waals surface area contributed by atoms with E-state index in [-0.39, 0.29) is 11.4 Å². The summed E-state index contributed by atoms with van der Waals surface area (Å²) in [6, 6.07) is 12.9. The topological polar surface area (TPSA) is 72.5 Å². The Bertz CT molecular complexity index is 755. The summed E-state index contributed by atoms with van der Waals surface area (Å²) in [6.45, 7) is 0.139. The number of carbonyl (C=O) groups excluding carboxylic acids is 1. The quantitative estimate of drug-likeness (QED) is 0.805. The molecule has 0 aliphatic rings. The van der Waals surface area contributed by atoms with Gasteiger partial charge in [0, 0.05) is 11.0 Å². The highest BCUT2D eigenvalue weighted by atomic mass is 79.9. The number of nitrogens with one attached hydrogen (secondary N) is 1. The molecule has 0 spiro atoms. The summed E-state index contributed by atoms with van der Waals surface area (Å²) in [6.07, 6.45) is 0. The molecular weight excluding hydrogens is 370 g/mol. The molecule has 0 aliphatic carbocycles. The maximum absolute atomic E-state index is 12.1. The standard InChI is InChI=1S/C15H14BrNO4S/c1-21-15(18)12-4-2-11(3-5-12)10-17-22(19,20)14-8-6-13(16)7-9-14/h2-9,17H,10H2,1H3. The summed E-state index contributed by atoms with van der Waals surface area (Å²) in [7, 11) is -2.26. The first kappa shape index (κ1) is 16.7. The minimum Gasteiger partial charge on any atom is -0.465 e. The summed E-state index contributed by atoms with van der Waals surface area (Å²) in [4.78, 5) is 11.5. The van der Waals surface area contributed by atoms with E-state index in [0.717, 1.165) is 10.0 Å². The molecule has 0 radical (unpaired) electrons. The van der Waals surface area contributed by atoms with Crippen LogP contribution in [0.15, 0.2) is 57.9 Å². The number of hydrogen-bond donors (Lipinski definition) is 1. The van der Waals surface area contributed by atoms with Gasteiger partial charge < -0.3 is 4.74 Å². The minimum atomic E-state index is -3.57. The van der Waals surface area contributed by atoms with Gasteiger partial charge in [-0.15, -0.1) is 0 Å².